The summed E-state index contributed by atoms with van der Waals surface area (Å²) in [6, 6.07) is 11.0. The number of rotatable bonds is 8. The van der Waals surface area contributed by atoms with Crippen molar-refractivity contribution in [2.75, 3.05) is 18.5 Å². The Morgan fingerprint density at radius 3 is 2.55 bits per heavy atom. The molecule has 0 atom stereocenters. The molecule has 2 aromatic carbocycles. The third kappa shape index (κ3) is 5.97. The van der Waals surface area contributed by atoms with Crippen LogP contribution in [0.15, 0.2) is 53.0 Å². The van der Waals surface area contributed by atoms with Crippen LogP contribution in [0.25, 0.3) is 6.08 Å². The molecular weight excluding hydrogens is 432 g/mol. The maximum absolute atomic E-state index is 12.6. The predicted molar refractivity (Wildman–Crippen MR) is 119 cm³/mol. The minimum Gasteiger partial charge on any atom is -0.490 e. The van der Waals surface area contributed by atoms with E-state index in [9.17, 15) is 10.1 Å². The summed E-state index contributed by atoms with van der Waals surface area (Å²) in [6.07, 6.45) is 3.16. The lowest BCUT2D eigenvalue weighted by Crippen LogP contribution is -2.13. The number of carbonyl (C=O) groups excluding carboxylic acids is 1. The Morgan fingerprint density at radius 2 is 1.93 bits per heavy atom. The molecule has 1 amide bonds. The first-order valence-electron chi connectivity index (χ1n) is 9.10. The number of hydrogen-bond donors (Lipinski definition) is 1. The molecule has 0 bridgehead atoms. The lowest BCUT2D eigenvalue weighted by Gasteiger charge is -2.13. The van der Waals surface area contributed by atoms with Crippen LogP contribution in [0.3, 0.4) is 0 Å². The zero-order chi connectivity index (χ0) is 21.4. The fourth-order valence-electron chi connectivity index (χ4n) is 2.51. The van der Waals surface area contributed by atoms with Gasteiger partial charge in [0.2, 0.25) is 0 Å². The first-order valence-corrected chi connectivity index (χ1v) is 9.89. The standard InChI is InChI=1S/C23H23BrN2O3/c1-5-9-29-22-13-20(24)17(12-21(22)28-6-2)11-18(14-25)23(27)26-19-8-7-15(3)16(4)10-19/h5,7-8,10-13H,1,6,9H2,2-4H3,(H,26,27)/b18-11+. The summed E-state index contributed by atoms with van der Waals surface area (Å²) in [7, 11) is 0. The highest BCUT2D eigenvalue weighted by Gasteiger charge is 2.14. The Kier molecular flexibility index (Phi) is 8.05. The molecule has 0 saturated carbocycles. The number of nitriles is 1. The van der Waals surface area contributed by atoms with Crippen LogP contribution in [0.5, 0.6) is 11.5 Å². The lowest BCUT2D eigenvalue weighted by molar-refractivity contribution is -0.112. The predicted octanol–water partition coefficient (Wildman–Crippen LogP) is 5.58. The summed E-state index contributed by atoms with van der Waals surface area (Å²) >= 11 is 3.47. The number of carbonyl (C=O) groups is 1. The van der Waals surface area contributed by atoms with Gasteiger partial charge in [0.25, 0.3) is 5.91 Å². The molecule has 0 aliphatic rings. The number of halogens is 1. The fourth-order valence-corrected chi connectivity index (χ4v) is 2.95. The van der Waals surface area contributed by atoms with E-state index in [0.29, 0.717) is 40.4 Å². The maximum Gasteiger partial charge on any atom is 0.266 e. The molecule has 0 aromatic heterocycles. The summed E-state index contributed by atoms with van der Waals surface area (Å²) in [5.74, 6) is 0.595. The first kappa shape index (κ1) is 22.3. The first-order chi connectivity index (χ1) is 13.9. The molecule has 6 heteroatoms. The second-order valence-electron chi connectivity index (χ2n) is 6.28. The summed E-state index contributed by atoms with van der Waals surface area (Å²) in [5.41, 5.74) is 3.44. The second-order valence-corrected chi connectivity index (χ2v) is 7.13. The van der Waals surface area contributed by atoms with Gasteiger partial charge in [-0.3, -0.25) is 4.79 Å². The van der Waals surface area contributed by atoms with Gasteiger partial charge in [-0.05, 0) is 67.8 Å². The van der Waals surface area contributed by atoms with Gasteiger partial charge < -0.3 is 14.8 Å². The molecular formula is C23H23BrN2O3. The summed E-state index contributed by atoms with van der Waals surface area (Å²) in [5, 5.41) is 12.3. The molecule has 0 saturated heterocycles. The van der Waals surface area contributed by atoms with Crippen LogP contribution in [0.1, 0.15) is 23.6 Å². The van der Waals surface area contributed by atoms with Crippen LogP contribution >= 0.6 is 15.9 Å². The zero-order valence-electron chi connectivity index (χ0n) is 16.7. The molecule has 2 rings (SSSR count). The molecule has 0 aliphatic heterocycles. The average Bonchev–Trinajstić information content (AvgIpc) is 2.69. The summed E-state index contributed by atoms with van der Waals surface area (Å²) < 4.78 is 11.9. The smallest absolute Gasteiger partial charge is 0.266 e. The van der Waals surface area contributed by atoms with Gasteiger partial charge in [0.05, 0.1) is 6.61 Å². The molecule has 150 valence electrons. The molecule has 2 aromatic rings. The Bertz CT molecular complexity index is 990. The Morgan fingerprint density at radius 1 is 1.21 bits per heavy atom. The van der Waals surface area contributed by atoms with E-state index in [4.69, 9.17) is 9.47 Å². The van der Waals surface area contributed by atoms with E-state index in [-0.39, 0.29) is 5.57 Å². The zero-order valence-corrected chi connectivity index (χ0v) is 18.3. The van der Waals surface area contributed by atoms with Gasteiger partial charge in [-0.15, -0.1) is 0 Å². The summed E-state index contributed by atoms with van der Waals surface area (Å²) in [6.45, 7) is 10.3. The van der Waals surface area contributed by atoms with Crippen molar-refractivity contribution in [3.63, 3.8) is 0 Å². The minimum absolute atomic E-state index is 0.0221. The highest BCUT2D eigenvalue weighted by molar-refractivity contribution is 9.10. The van der Waals surface area contributed by atoms with Gasteiger partial charge >= 0.3 is 0 Å². The third-order valence-corrected chi connectivity index (χ3v) is 4.84. The van der Waals surface area contributed by atoms with Crippen molar-refractivity contribution in [1.29, 1.82) is 5.26 Å². The van der Waals surface area contributed by atoms with Crippen molar-refractivity contribution >= 4 is 33.6 Å². The van der Waals surface area contributed by atoms with Gasteiger partial charge in [-0.2, -0.15) is 5.26 Å². The van der Waals surface area contributed by atoms with Gasteiger partial charge in [0.1, 0.15) is 18.2 Å². The van der Waals surface area contributed by atoms with E-state index in [2.05, 4.69) is 27.8 Å². The molecule has 0 heterocycles. The van der Waals surface area contributed by atoms with Gasteiger partial charge in [-0.1, -0.05) is 34.7 Å². The number of benzene rings is 2. The average molecular weight is 455 g/mol. The Hall–Kier alpha value is -3.04. The van der Waals surface area contributed by atoms with Crippen molar-refractivity contribution in [3.8, 4) is 17.6 Å². The number of aryl methyl sites for hydroxylation is 2. The van der Waals surface area contributed by atoms with Gasteiger partial charge in [-0.25, -0.2) is 0 Å². The van der Waals surface area contributed by atoms with E-state index in [1.165, 1.54) is 6.08 Å². The monoisotopic (exact) mass is 454 g/mol. The molecule has 29 heavy (non-hydrogen) atoms. The number of ether oxygens (including phenoxy) is 2. The van der Waals surface area contributed by atoms with Crippen LogP contribution in [-0.4, -0.2) is 19.1 Å². The van der Waals surface area contributed by atoms with Crippen molar-refractivity contribution in [2.24, 2.45) is 0 Å². The highest BCUT2D eigenvalue weighted by atomic mass is 79.9. The molecule has 0 aliphatic carbocycles. The Labute approximate surface area is 179 Å². The van der Waals surface area contributed by atoms with Crippen LogP contribution in [0.2, 0.25) is 0 Å². The number of anilines is 1. The van der Waals surface area contributed by atoms with E-state index >= 15 is 0 Å². The second kappa shape index (κ2) is 10.5. The topological polar surface area (TPSA) is 71.3 Å². The van der Waals surface area contributed by atoms with Crippen molar-refractivity contribution < 1.29 is 14.3 Å². The Balaban J connectivity index is 2.34. The number of amides is 1. The number of hydrogen-bond acceptors (Lipinski definition) is 4. The van der Waals surface area contributed by atoms with Crippen LogP contribution in [-0.2, 0) is 4.79 Å². The van der Waals surface area contributed by atoms with E-state index in [0.717, 1.165) is 11.1 Å². The largest absolute Gasteiger partial charge is 0.490 e. The normalized spacial score (nSPS) is 10.8. The van der Waals surface area contributed by atoms with Crippen molar-refractivity contribution in [3.05, 3.63) is 69.7 Å². The molecule has 0 fully saturated rings. The maximum atomic E-state index is 12.6. The lowest BCUT2D eigenvalue weighted by atomic mass is 10.1. The van der Waals surface area contributed by atoms with Crippen LogP contribution in [0.4, 0.5) is 5.69 Å². The molecule has 1 N–H and O–H groups in total. The van der Waals surface area contributed by atoms with Crippen molar-refractivity contribution in [2.45, 2.75) is 20.8 Å². The number of nitrogens with one attached hydrogen (secondary N) is 1. The van der Waals surface area contributed by atoms with E-state index in [1.807, 2.05) is 45.0 Å². The fraction of sp³-hybridized carbons (Fsp3) is 0.217. The van der Waals surface area contributed by atoms with Crippen molar-refractivity contribution in [1.82, 2.24) is 0 Å². The third-order valence-electron chi connectivity index (χ3n) is 4.15. The highest BCUT2D eigenvalue weighted by Crippen LogP contribution is 2.35. The molecule has 0 radical (unpaired) electrons. The quantitative estimate of drug-likeness (QED) is 0.321. The molecule has 0 unspecified atom stereocenters. The SMILES string of the molecule is C=CCOc1cc(Br)c(/C=C(\C#N)C(=O)Nc2ccc(C)c(C)c2)cc1OCC. The van der Waals surface area contributed by atoms with Crippen LogP contribution < -0.4 is 14.8 Å². The van der Waals surface area contributed by atoms with Gasteiger partial charge in [0, 0.05) is 10.2 Å². The molecule has 5 nitrogen and oxygen atoms in total. The van der Waals surface area contributed by atoms with Crippen LogP contribution in [0, 0.1) is 25.2 Å². The van der Waals surface area contributed by atoms with E-state index in [1.54, 1.807) is 18.2 Å². The summed E-state index contributed by atoms with van der Waals surface area (Å²) in [4.78, 5) is 12.6. The number of nitrogens with zero attached hydrogens (tertiary/aromatic N) is 1. The van der Waals surface area contributed by atoms with E-state index < -0.39 is 5.91 Å². The minimum atomic E-state index is -0.479. The van der Waals surface area contributed by atoms with Gasteiger partial charge in [0.15, 0.2) is 11.5 Å². The molecule has 0 spiro atoms.